The Balaban J connectivity index is 1.93. The molecular formula is C15H18N2O3. The number of carboxylic acids is 1. The third-order valence-electron chi connectivity index (χ3n) is 3.88. The van der Waals surface area contributed by atoms with Gasteiger partial charge in [0.15, 0.2) is 0 Å². The van der Waals surface area contributed by atoms with Gasteiger partial charge in [-0.05, 0) is 38.0 Å². The minimum atomic E-state index is -0.917. The molecule has 2 aromatic rings. The van der Waals surface area contributed by atoms with Crippen molar-refractivity contribution in [2.45, 2.75) is 26.3 Å². The van der Waals surface area contributed by atoms with Crippen LogP contribution in [0, 0.1) is 12.8 Å². The number of rotatable bonds is 3. The molecule has 1 N–H and O–H groups in total. The second-order valence-corrected chi connectivity index (χ2v) is 5.36. The number of fused-ring (bicyclic) bond motifs is 1. The van der Waals surface area contributed by atoms with Crippen molar-refractivity contribution in [2.24, 2.45) is 5.92 Å². The Morgan fingerprint density at radius 2 is 2.40 bits per heavy atom. The van der Waals surface area contributed by atoms with Crippen LogP contribution in [0.25, 0.3) is 11.0 Å². The lowest BCUT2D eigenvalue weighted by Gasteiger charge is -2.23. The zero-order chi connectivity index (χ0) is 14.1. The Morgan fingerprint density at radius 1 is 1.55 bits per heavy atom. The smallest absolute Gasteiger partial charge is 0.335 e. The molecule has 20 heavy (non-hydrogen) atoms. The molecule has 1 saturated heterocycles. The van der Waals surface area contributed by atoms with Crippen LogP contribution in [-0.4, -0.2) is 33.8 Å². The number of imidazole rings is 1. The summed E-state index contributed by atoms with van der Waals surface area (Å²) in [6.07, 6.45) is 2.28. The number of hydrogen-bond donors (Lipinski definition) is 1. The van der Waals surface area contributed by atoms with E-state index >= 15 is 0 Å². The van der Waals surface area contributed by atoms with Crippen LogP contribution in [0.5, 0.6) is 0 Å². The normalized spacial score (nSPS) is 19.4. The highest BCUT2D eigenvalue weighted by molar-refractivity contribution is 5.92. The molecule has 1 aliphatic rings. The molecule has 1 aliphatic heterocycles. The number of benzene rings is 1. The molecule has 2 heterocycles. The lowest BCUT2D eigenvalue weighted by Crippen LogP contribution is -2.22. The first-order chi connectivity index (χ1) is 9.65. The molecular weight excluding hydrogens is 256 g/mol. The summed E-state index contributed by atoms with van der Waals surface area (Å²) in [6, 6.07) is 5.13. The first-order valence-electron chi connectivity index (χ1n) is 6.93. The van der Waals surface area contributed by atoms with Gasteiger partial charge in [-0.25, -0.2) is 9.78 Å². The van der Waals surface area contributed by atoms with Gasteiger partial charge >= 0.3 is 5.97 Å². The zero-order valence-corrected chi connectivity index (χ0v) is 11.5. The molecule has 3 rings (SSSR count). The van der Waals surface area contributed by atoms with Crippen LogP contribution < -0.4 is 0 Å². The summed E-state index contributed by atoms with van der Waals surface area (Å²) >= 11 is 0. The number of aryl methyl sites for hydroxylation is 1. The number of ether oxygens (including phenoxy) is 1. The third-order valence-corrected chi connectivity index (χ3v) is 3.88. The molecule has 0 bridgehead atoms. The fourth-order valence-electron chi connectivity index (χ4n) is 2.82. The number of nitrogens with zero attached hydrogens (tertiary/aromatic N) is 2. The van der Waals surface area contributed by atoms with E-state index in [0.717, 1.165) is 43.0 Å². The van der Waals surface area contributed by atoms with Crippen LogP contribution in [-0.2, 0) is 11.3 Å². The molecule has 1 fully saturated rings. The number of hydrogen-bond acceptors (Lipinski definition) is 3. The van der Waals surface area contributed by atoms with E-state index in [1.54, 1.807) is 12.1 Å². The molecule has 0 aliphatic carbocycles. The Labute approximate surface area is 117 Å². The lowest BCUT2D eigenvalue weighted by molar-refractivity contribution is 0.0486. The van der Waals surface area contributed by atoms with Crippen molar-refractivity contribution in [3.63, 3.8) is 0 Å². The highest BCUT2D eigenvalue weighted by Crippen LogP contribution is 2.22. The Hall–Kier alpha value is -1.88. The minimum absolute atomic E-state index is 0.281. The zero-order valence-electron chi connectivity index (χ0n) is 11.5. The van der Waals surface area contributed by atoms with Crippen LogP contribution in [0.2, 0.25) is 0 Å². The van der Waals surface area contributed by atoms with Crippen molar-refractivity contribution >= 4 is 17.0 Å². The minimum Gasteiger partial charge on any atom is -0.478 e. The summed E-state index contributed by atoms with van der Waals surface area (Å²) in [4.78, 5) is 15.5. The highest BCUT2D eigenvalue weighted by Gasteiger charge is 2.17. The fourth-order valence-corrected chi connectivity index (χ4v) is 2.82. The van der Waals surface area contributed by atoms with E-state index in [4.69, 9.17) is 9.84 Å². The second kappa shape index (κ2) is 5.25. The number of carbonyl (C=O) groups is 1. The molecule has 1 aromatic carbocycles. The molecule has 106 valence electrons. The van der Waals surface area contributed by atoms with Crippen LogP contribution in [0.1, 0.15) is 29.0 Å². The number of carboxylic acid groups (broad SMARTS) is 1. The fraction of sp³-hybridized carbons (Fsp3) is 0.467. The first kappa shape index (κ1) is 13.1. The molecule has 1 aromatic heterocycles. The lowest BCUT2D eigenvalue weighted by atomic mass is 10.0. The van der Waals surface area contributed by atoms with Crippen LogP contribution >= 0.6 is 0 Å². The van der Waals surface area contributed by atoms with Crippen molar-refractivity contribution in [1.29, 1.82) is 0 Å². The van der Waals surface area contributed by atoms with E-state index < -0.39 is 5.97 Å². The predicted octanol–water partition coefficient (Wildman–Crippen LogP) is 2.47. The van der Waals surface area contributed by atoms with Crippen molar-refractivity contribution in [2.75, 3.05) is 13.2 Å². The average molecular weight is 274 g/mol. The van der Waals surface area contributed by atoms with Gasteiger partial charge in [-0.15, -0.1) is 0 Å². The van der Waals surface area contributed by atoms with Crippen molar-refractivity contribution in [3.05, 3.63) is 29.6 Å². The van der Waals surface area contributed by atoms with Gasteiger partial charge in [-0.1, -0.05) is 0 Å². The summed E-state index contributed by atoms with van der Waals surface area (Å²) in [5.74, 6) is 0.520. The molecule has 0 amide bonds. The summed E-state index contributed by atoms with van der Waals surface area (Å²) in [6.45, 7) is 4.51. The van der Waals surface area contributed by atoms with Crippen molar-refractivity contribution < 1.29 is 14.6 Å². The topological polar surface area (TPSA) is 64.3 Å². The molecule has 0 radical (unpaired) electrons. The summed E-state index contributed by atoms with van der Waals surface area (Å²) < 4.78 is 7.69. The molecule has 0 spiro atoms. The SMILES string of the molecule is Cc1nc2cc(C(=O)O)ccc2n1CC1CCCOC1. The van der Waals surface area contributed by atoms with Crippen LogP contribution in [0.15, 0.2) is 18.2 Å². The van der Waals surface area contributed by atoms with Crippen molar-refractivity contribution in [3.8, 4) is 0 Å². The second-order valence-electron chi connectivity index (χ2n) is 5.36. The monoisotopic (exact) mass is 274 g/mol. The average Bonchev–Trinajstić information content (AvgIpc) is 2.75. The summed E-state index contributed by atoms with van der Waals surface area (Å²) in [7, 11) is 0. The maximum absolute atomic E-state index is 11.0. The Kier molecular flexibility index (Phi) is 3.44. The summed E-state index contributed by atoms with van der Waals surface area (Å²) in [5, 5.41) is 9.03. The quantitative estimate of drug-likeness (QED) is 0.933. The van der Waals surface area contributed by atoms with E-state index in [2.05, 4.69) is 9.55 Å². The van der Waals surface area contributed by atoms with Gasteiger partial charge < -0.3 is 14.4 Å². The molecule has 5 nitrogen and oxygen atoms in total. The standard InChI is InChI=1S/C15H18N2O3/c1-10-16-13-7-12(15(18)19)4-5-14(13)17(10)8-11-3-2-6-20-9-11/h4-5,7,11H,2-3,6,8-9H2,1H3,(H,18,19). The number of aromatic carboxylic acids is 1. The van der Waals surface area contributed by atoms with Gasteiger partial charge in [0, 0.05) is 19.1 Å². The first-order valence-corrected chi connectivity index (χ1v) is 6.93. The van der Waals surface area contributed by atoms with Crippen LogP contribution in [0.3, 0.4) is 0 Å². The van der Waals surface area contributed by atoms with Gasteiger partial charge in [0.2, 0.25) is 0 Å². The van der Waals surface area contributed by atoms with E-state index in [1.807, 2.05) is 13.0 Å². The van der Waals surface area contributed by atoms with E-state index in [0.29, 0.717) is 5.92 Å². The highest BCUT2D eigenvalue weighted by atomic mass is 16.5. The third kappa shape index (κ3) is 2.41. The molecule has 1 unspecified atom stereocenters. The maximum atomic E-state index is 11.0. The molecule has 1 atom stereocenters. The Bertz CT molecular complexity index is 642. The van der Waals surface area contributed by atoms with Gasteiger partial charge in [-0.2, -0.15) is 0 Å². The van der Waals surface area contributed by atoms with Crippen LogP contribution in [0.4, 0.5) is 0 Å². The van der Waals surface area contributed by atoms with Gasteiger partial charge in [0.1, 0.15) is 5.82 Å². The molecule has 0 saturated carbocycles. The maximum Gasteiger partial charge on any atom is 0.335 e. The van der Waals surface area contributed by atoms with Gasteiger partial charge in [0.05, 0.1) is 23.2 Å². The van der Waals surface area contributed by atoms with E-state index in [-0.39, 0.29) is 5.56 Å². The molecule has 5 heteroatoms. The van der Waals surface area contributed by atoms with E-state index in [9.17, 15) is 4.79 Å². The number of aromatic nitrogens is 2. The summed E-state index contributed by atoms with van der Waals surface area (Å²) in [5.41, 5.74) is 2.03. The largest absolute Gasteiger partial charge is 0.478 e. The van der Waals surface area contributed by atoms with Crippen molar-refractivity contribution in [1.82, 2.24) is 9.55 Å². The van der Waals surface area contributed by atoms with E-state index in [1.165, 1.54) is 6.42 Å². The van der Waals surface area contributed by atoms with Gasteiger partial charge in [0.25, 0.3) is 0 Å². The van der Waals surface area contributed by atoms with Gasteiger partial charge in [-0.3, -0.25) is 0 Å². The predicted molar refractivity (Wildman–Crippen MR) is 75.0 cm³/mol. The Morgan fingerprint density at radius 3 is 3.10 bits per heavy atom.